The van der Waals surface area contributed by atoms with E-state index in [1.807, 2.05) is 7.05 Å². The molecule has 1 aliphatic heterocycles. The smallest absolute Gasteiger partial charge is 0.191 e. The van der Waals surface area contributed by atoms with Gasteiger partial charge in [0.1, 0.15) is 0 Å². The van der Waals surface area contributed by atoms with E-state index < -0.39 is 0 Å². The van der Waals surface area contributed by atoms with E-state index in [1.165, 1.54) is 45.3 Å². The van der Waals surface area contributed by atoms with E-state index in [1.54, 1.807) is 0 Å². The Morgan fingerprint density at radius 3 is 2.28 bits per heavy atom. The summed E-state index contributed by atoms with van der Waals surface area (Å²) < 4.78 is 0. The van der Waals surface area contributed by atoms with Crippen LogP contribution < -0.4 is 10.6 Å². The second-order valence-corrected chi connectivity index (χ2v) is 7.89. The predicted octanol–water partition coefficient (Wildman–Crippen LogP) is 2.92. The normalized spacial score (nSPS) is 17.7. The van der Waals surface area contributed by atoms with Crippen molar-refractivity contribution in [1.29, 1.82) is 0 Å². The summed E-state index contributed by atoms with van der Waals surface area (Å²) in [4.78, 5) is 9.55. The van der Waals surface area contributed by atoms with E-state index in [0.29, 0.717) is 18.1 Å². The number of aliphatic imine (C=N–C) groups is 1. The third-order valence-electron chi connectivity index (χ3n) is 5.19. The van der Waals surface area contributed by atoms with Crippen LogP contribution in [-0.4, -0.2) is 73.7 Å². The SMILES string of the molecule is CCCCN1CCC(NC(=NC)NCCCN(C(C)C)C(C)C)CC1. The van der Waals surface area contributed by atoms with Crippen LogP contribution >= 0.6 is 0 Å². The number of guanidine groups is 1. The Labute approximate surface area is 156 Å². The average Bonchev–Trinajstić information content (AvgIpc) is 2.59. The minimum absolute atomic E-state index is 0.562. The van der Waals surface area contributed by atoms with E-state index in [9.17, 15) is 0 Å². The molecule has 1 rings (SSSR count). The van der Waals surface area contributed by atoms with Gasteiger partial charge in [0, 0.05) is 51.4 Å². The number of piperidine rings is 1. The van der Waals surface area contributed by atoms with Gasteiger partial charge >= 0.3 is 0 Å². The van der Waals surface area contributed by atoms with Crippen molar-refractivity contribution in [2.45, 2.75) is 84.8 Å². The third-order valence-corrected chi connectivity index (χ3v) is 5.19. The van der Waals surface area contributed by atoms with Gasteiger partial charge in [0.15, 0.2) is 5.96 Å². The number of nitrogens with zero attached hydrogens (tertiary/aromatic N) is 3. The summed E-state index contributed by atoms with van der Waals surface area (Å²) in [5.74, 6) is 0.965. The van der Waals surface area contributed by atoms with Gasteiger partial charge in [-0.2, -0.15) is 0 Å². The first-order valence-electron chi connectivity index (χ1n) is 10.4. The maximum absolute atomic E-state index is 4.40. The number of unbranched alkanes of at least 4 members (excludes halogenated alkanes) is 1. The van der Waals surface area contributed by atoms with Crippen molar-refractivity contribution >= 4 is 5.96 Å². The van der Waals surface area contributed by atoms with Gasteiger partial charge in [-0.05, 0) is 59.9 Å². The van der Waals surface area contributed by atoms with Gasteiger partial charge in [0.05, 0.1) is 0 Å². The van der Waals surface area contributed by atoms with Crippen LogP contribution in [0.15, 0.2) is 4.99 Å². The maximum atomic E-state index is 4.40. The van der Waals surface area contributed by atoms with Crippen molar-refractivity contribution < 1.29 is 0 Å². The monoisotopic (exact) mass is 353 g/mol. The fourth-order valence-corrected chi connectivity index (χ4v) is 3.65. The first-order valence-corrected chi connectivity index (χ1v) is 10.4. The molecule has 5 heteroatoms. The van der Waals surface area contributed by atoms with Crippen LogP contribution in [0, 0.1) is 0 Å². The van der Waals surface area contributed by atoms with Crippen molar-refractivity contribution in [3.05, 3.63) is 0 Å². The minimum atomic E-state index is 0.562. The maximum Gasteiger partial charge on any atom is 0.191 e. The second kappa shape index (κ2) is 12.5. The molecule has 0 atom stereocenters. The second-order valence-electron chi connectivity index (χ2n) is 7.89. The van der Waals surface area contributed by atoms with Crippen LogP contribution in [0.4, 0.5) is 0 Å². The Morgan fingerprint density at radius 2 is 1.76 bits per heavy atom. The Balaban J connectivity index is 2.23. The number of likely N-dealkylation sites (tertiary alicyclic amines) is 1. The molecule has 0 saturated carbocycles. The zero-order valence-corrected chi connectivity index (χ0v) is 17.6. The lowest BCUT2D eigenvalue weighted by molar-refractivity contribution is 0.173. The molecule has 0 aromatic rings. The van der Waals surface area contributed by atoms with Crippen LogP contribution in [0.25, 0.3) is 0 Å². The van der Waals surface area contributed by atoms with E-state index in [4.69, 9.17) is 0 Å². The van der Waals surface area contributed by atoms with Crippen molar-refractivity contribution in [2.24, 2.45) is 4.99 Å². The molecular formula is C20H43N5. The molecule has 0 aromatic heterocycles. The summed E-state index contributed by atoms with van der Waals surface area (Å²) in [7, 11) is 1.88. The molecule has 1 aliphatic rings. The van der Waals surface area contributed by atoms with Gasteiger partial charge < -0.3 is 15.5 Å². The molecule has 1 heterocycles. The molecule has 148 valence electrons. The Hall–Kier alpha value is -0.810. The summed E-state index contributed by atoms with van der Waals surface area (Å²) >= 11 is 0. The average molecular weight is 354 g/mol. The van der Waals surface area contributed by atoms with Crippen molar-refractivity contribution in [2.75, 3.05) is 39.8 Å². The first kappa shape index (κ1) is 22.2. The molecule has 0 aliphatic carbocycles. The highest BCUT2D eigenvalue weighted by Crippen LogP contribution is 2.11. The molecule has 0 bridgehead atoms. The zero-order chi connectivity index (χ0) is 18.7. The van der Waals surface area contributed by atoms with Crippen molar-refractivity contribution in [1.82, 2.24) is 20.4 Å². The summed E-state index contributed by atoms with van der Waals surface area (Å²) in [5.41, 5.74) is 0. The molecule has 0 unspecified atom stereocenters. The van der Waals surface area contributed by atoms with Gasteiger partial charge in [-0.1, -0.05) is 13.3 Å². The molecule has 1 fully saturated rings. The molecule has 0 spiro atoms. The van der Waals surface area contributed by atoms with E-state index in [0.717, 1.165) is 25.5 Å². The topological polar surface area (TPSA) is 42.9 Å². The van der Waals surface area contributed by atoms with Crippen molar-refractivity contribution in [3.8, 4) is 0 Å². The zero-order valence-electron chi connectivity index (χ0n) is 17.6. The summed E-state index contributed by atoms with van der Waals surface area (Å²) in [6, 6.07) is 1.78. The van der Waals surface area contributed by atoms with Crippen LogP contribution in [-0.2, 0) is 0 Å². The molecule has 0 aromatic carbocycles. The number of rotatable bonds is 10. The number of hydrogen-bond donors (Lipinski definition) is 2. The summed E-state index contributed by atoms with van der Waals surface area (Å²) in [6.45, 7) is 17.2. The molecule has 0 amide bonds. The third kappa shape index (κ3) is 8.91. The molecule has 25 heavy (non-hydrogen) atoms. The molecular weight excluding hydrogens is 310 g/mol. The van der Waals surface area contributed by atoms with Crippen LogP contribution in [0.1, 0.15) is 66.7 Å². The number of hydrogen-bond acceptors (Lipinski definition) is 3. The Bertz CT molecular complexity index is 351. The first-order chi connectivity index (χ1) is 12.0. The fraction of sp³-hybridized carbons (Fsp3) is 0.950. The lowest BCUT2D eigenvalue weighted by atomic mass is 10.0. The molecule has 1 saturated heterocycles. The van der Waals surface area contributed by atoms with Crippen LogP contribution in [0.5, 0.6) is 0 Å². The van der Waals surface area contributed by atoms with E-state index in [-0.39, 0.29) is 0 Å². The predicted molar refractivity (Wildman–Crippen MR) is 110 cm³/mol. The van der Waals surface area contributed by atoms with Crippen LogP contribution in [0.2, 0.25) is 0 Å². The van der Waals surface area contributed by atoms with Crippen LogP contribution in [0.3, 0.4) is 0 Å². The van der Waals surface area contributed by atoms with Gasteiger partial charge in [0.2, 0.25) is 0 Å². The largest absolute Gasteiger partial charge is 0.356 e. The van der Waals surface area contributed by atoms with E-state index in [2.05, 4.69) is 60.0 Å². The molecule has 5 nitrogen and oxygen atoms in total. The molecule has 0 radical (unpaired) electrons. The quantitative estimate of drug-likeness (QED) is 0.360. The van der Waals surface area contributed by atoms with Gasteiger partial charge in [-0.3, -0.25) is 9.89 Å². The lowest BCUT2D eigenvalue weighted by Gasteiger charge is -2.33. The summed E-state index contributed by atoms with van der Waals surface area (Å²) in [5, 5.41) is 7.11. The van der Waals surface area contributed by atoms with Gasteiger partial charge in [0.25, 0.3) is 0 Å². The lowest BCUT2D eigenvalue weighted by Crippen LogP contribution is -2.49. The minimum Gasteiger partial charge on any atom is -0.356 e. The Kier molecular flexibility index (Phi) is 11.1. The Morgan fingerprint density at radius 1 is 1.12 bits per heavy atom. The van der Waals surface area contributed by atoms with Gasteiger partial charge in [-0.25, -0.2) is 0 Å². The number of nitrogens with one attached hydrogen (secondary N) is 2. The highest BCUT2D eigenvalue weighted by Gasteiger charge is 2.19. The van der Waals surface area contributed by atoms with Gasteiger partial charge in [-0.15, -0.1) is 0 Å². The highest BCUT2D eigenvalue weighted by molar-refractivity contribution is 5.79. The standard InChI is InChI=1S/C20H43N5/c1-7-8-13-24-15-10-19(11-16-24)23-20(21-6)22-12-9-14-25(17(2)3)18(4)5/h17-19H,7-16H2,1-6H3,(H2,21,22,23). The van der Waals surface area contributed by atoms with Crippen molar-refractivity contribution in [3.63, 3.8) is 0 Å². The van der Waals surface area contributed by atoms with E-state index >= 15 is 0 Å². The fourth-order valence-electron chi connectivity index (χ4n) is 3.65. The summed E-state index contributed by atoms with van der Waals surface area (Å²) in [6.07, 6.45) is 6.20. The molecule has 2 N–H and O–H groups in total. The highest BCUT2D eigenvalue weighted by atomic mass is 15.2.